The Labute approximate surface area is 225 Å². The fourth-order valence-electron chi connectivity index (χ4n) is 5.44. The zero-order valence-corrected chi connectivity index (χ0v) is 22.8. The fraction of sp³-hybridized carbons (Fsp3) is 0.345. The van der Waals surface area contributed by atoms with Crippen LogP contribution in [0.15, 0.2) is 60.9 Å². The first-order chi connectivity index (χ1) is 17.4. The van der Waals surface area contributed by atoms with E-state index in [0.29, 0.717) is 11.7 Å². The van der Waals surface area contributed by atoms with E-state index in [4.69, 9.17) is 4.98 Å². The molecule has 4 aromatic rings. The number of aromatic nitrogens is 3. The first kappa shape index (κ1) is 23.6. The highest BCUT2D eigenvalue weighted by atomic mass is 127. The van der Waals surface area contributed by atoms with Crippen molar-refractivity contribution >= 4 is 51.0 Å². The summed E-state index contributed by atoms with van der Waals surface area (Å²) < 4.78 is 3.32. The number of carbonyl (C=O) groups is 1. The molecule has 2 aromatic heterocycles. The van der Waals surface area contributed by atoms with Crippen molar-refractivity contribution in [2.24, 2.45) is 5.92 Å². The van der Waals surface area contributed by atoms with Crippen molar-refractivity contribution in [3.63, 3.8) is 0 Å². The van der Waals surface area contributed by atoms with Crippen molar-refractivity contribution in [1.29, 1.82) is 0 Å². The highest BCUT2D eigenvalue weighted by Crippen LogP contribution is 2.51. The van der Waals surface area contributed by atoms with Gasteiger partial charge in [0.1, 0.15) is 11.4 Å². The van der Waals surface area contributed by atoms with E-state index in [1.165, 1.54) is 9.13 Å². The van der Waals surface area contributed by atoms with Crippen LogP contribution in [0.25, 0.3) is 16.7 Å². The molecule has 2 aromatic carbocycles. The van der Waals surface area contributed by atoms with Crippen molar-refractivity contribution in [2.45, 2.75) is 38.0 Å². The van der Waals surface area contributed by atoms with Crippen LogP contribution in [0.3, 0.4) is 0 Å². The average Bonchev–Trinajstić information content (AvgIpc) is 3.60. The number of rotatable bonds is 6. The normalized spacial score (nSPS) is 17.9. The molecule has 2 aliphatic rings. The third kappa shape index (κ3) is 4.32. The molecule has 36 heavy (non-hydrogen) atoms. The lowest BCUT2D eigenvalue weighted by Crippen LogP contribution is -2.37. The second-order valence-electron chi connectivity index (χ2n) is 10.3. The Bertz CT molecular complexity index is 1430. The van der Waals surface area contributed by atoms with Crippen molar-refractivity contribution in [3.8, 4) is 5.69 Å². The van der Waals surface area contributed by atoms with Gasteiger partial charge in [-0.15, -0.1) is 0 Å². The summed E-state index contributed by atoms with van der Waals surface area (Å²) in [7, 11) is 2.14. The molecule has 6 rings (SSSR count). The lowest BCUT2D eigenvalue weighted by Gasteiger charge is -2.30. The first-order valence-electron chi connectivity index (χ1n) is 12.6. The predicted octanol–water partition coefficient (Wildman–Crippen LogP) is 6.02. The Kier molecular flexibility index (Phi) is 6.08. The molecule has 1 aliphatic heterocycles. The molecule has 1 saturated carbocycles. The largest absolute Gasteiger partial charge is 0.324 e. The molecule has 6 nitrogen and oxygen atoms in total. The van der Waals surface area contributed by atoms with Gasteiger partial charge in [-0.25, -0.2) is 4.98 Å². The molecule has 3 heterocycles. The smallest absolute Gasteiger partial charge is 0.229 e. The van der Waals surface area contributed by atoms with Gasteiger partial charge in [-0.2, -0.15) is 4.98 Å². The molecule has 0 unspecified atom stereocenters. The number of hydrogen-bond acceptors (Lipinski definition) is 5. The van der Waals surface area contributed by atoms with Crippen LogP contribution < -0.4 is 5.32 Å². The van der Waals surface area contributed by atoms with Gasteiger partial charge in [-0.1, -0.05) is 12.1 Å². The zero-order valence-electron chi connectivity index (χ0n) is 20.7. The first-order valence-corrected chi connectivity index (χ1v) is 13.7. The van der Waals surface area contributed by atoms with E-state index < -0.39 is 0 Å². The molecule has 0 spiro atoms. The average molecular weight is 591 g/mol. The van der Waals surface area contributed by atoms with E-state index in [1.807, 2.05) is 24.5 Å². The van der Waals surface area contributed by atoms with E-state index >= 15 is 0 Å². The van der Waals surface area contributed by atoms with Gasteiger partial charge in [0.15, 0.2) is 0 Å². The topological polar surface area (TPSA) is 63.1 Å². The number of ketones is 1. The quantitative estimate of drug-likeness (QED) is 0.278. The number of likely N-dealkylation sites (tertiary alicyclic amines) is 1. The van der Waals surface area contributed by atoms with Crippen LogP contribution in [-0.4, -0.2) is 45.4 Å². The van der Waals surface area contributed by atoms with Gasteiger partial charge >= 0.3 is 0 Å². The van der Waals surface area contributed by atoms with Crippen LogP contribution in [-0.2, 0) is 10.2 Å². The third-order valence-corrected chi connectivity index (χ3v) is 9.06. The van der Waals surface area contributed by atoms with E-state index in [9.17, 15) is 4.79 Å². The summed E-state index contributed by atoms with van der Waals surface area (Å²) in [4.78, 5) is 25.1. The van der Waals surface area contributed by atoms with Crippen molar-refractivity contribution < 1.29 is 4.79 Å². The van der Waals surface area contributed by atoms with Gasteiger partial charge in [0.25, 0.3) is 0 Å². The van der Waals surface area contributed by atoms with Gasteiger partial charge < -0.3 is 14.8 Å². The molecule has 7 heteroatoms. The Balaban J connectivity index is 1.24. The fourth-order valence-corrected chi connectivity index (χ4v) is 5.78. The van der Waals surface area contributed by atoms with Crippen LogP contribution >= 0.6 is 22.6 Å². The van der Waals surface area contributed by atoms with Gasteiger partial charge in [0.05, 0.1) is 5.41 Å². The van der Waals surface area contributed by atoms with Crippen molar-refractivity contribution in [3.05, 3.63) is 75.6 Å². The number of halogens is 1. The van der Waals surface area contributed by atoms with E-state index in [1.54, 1.807) is 0 Å². The van der Waals surface area contributed by atoms with Gasteiger partial charge in [-0.05, 0) is 123 Å². The summed E-state index contributed by atoms with van der Waals surface area (Å²) in [6.07, 6.45) is 7.82. The Morgan fingerprint density at radius 2 is 1.83 bits per heavy atom. The lowest BCUT2D eigenvalue weighted by molar-refractivity contribution is -0.126. The van der Waals surface area contributed by atoms with E-state index in [0.717, 1.165) is 66.7 Å². The number of hydrogen-bond donors (Lipinski definition) is 1. The molecule has 0 radical (unpaired) electrons. The van der Waals surface area contributed by atoms with Crippen LogP contribution in [0, 0.1) is 16.4 Å². The molecule has 2 fully saturated rings. The highest BCUT2D eigenvalue weighted by Gasteiger charge is 2.52. The Morgan fingerprint density at radius 3 is 2.53 bits per heavy atom. The van der Waals surface area contributed by atoms with E-state index in [2.05, 4.69) is 92.7 Å². The summed E-state index contributed by atoms with van der Waals surface area (Å²) in [6.45, 7) is 4.14. The molecule has 0 amide bonds. The van der Waals surface area contributed by atoms with Crippen LogP contribution in [0.2, 0.25) is 0 Å². The van der Waals surface area contributed by atoms with Crippen molar-refractivity contribution in [1.82, 2.24) is 19.4 Å². The SMILES string of the molecule is Cc1cc(Nc2ncc3ccn(-c4ccc(C5(C(=O)C6CCN(C)CC6)CC5)cc4)c3n2)ccc1I. The predicted molar refractivity (Wildman–Crippen MR) is 152 cm³/mol. The maximum atomic E-state index is 13.5. The number of Topliss-reactive ketones (excluding diaryl/α,β-unsaturated/α-hetero) is 1. The molecular weight excluding hydrogens is 561 g/mol. The summed E-state index contributed by atoms with van der Waals surface area (Å²) in [5.74, 6) is 1.24. The molecule has 1 saturated heterocycles. The molecule has 1 aliphatic carbocycles. The lowest BCUT2D eigenvalue weighted by atomic mass is 9.80. The summed E-state index contributed by atoms with van der Waals surface area (Å²) >= 11 is 2.34. The minimum absolute atomic E-state index is 0.205. The van der Waals surface area contributed by atoms with Gasteiger partial charge in [-0.3, -0.25) is 4.79 Å². The number of piperidine rings is 1. The maximum Gasteiger partial charge on any atom is 0.229 e. The number of nitrogens with one attached hydrogen (secondary N) is 1. The second-order valence-corrected chi connectivity index (χ2v) is 11.5. The maximum absolute atomic E-state index is 13.5. The molecule has 184 valence electrons. The zero-order chi connectivity index (χ0) is 24.9. The van der Waals surface area contributed by atoms with Crippen LogP contribution in [0.1, 0.15) is 36.8 Å². The molecular formula is C29H30IN5O. The second kappa shape index (κ2) is 9.27. The Hall–Kier alpha value is -2.78. The number of carbonyl (C=O) groups excluding carboxylic acids is 1. The summed E-state index contributed by atoms with van der Waals surface area (Å²) in [6, 6.07) is 16.8. The number of nitrogens with zero attached hydrogens (tertiary/aromatic N) is 4. The van der Waals surface area contributed by atoms with Crippen LogP contribution in [0.4, 0.5) is 11.6 Å². The standard InChI is InChI=1S/C29H30IN5O/c1-19-17-23(5-8-25(19)30)32-28-31-18-21-11-16-35(27(21)33-28)24-6-3-22(4-7-24)29(12-13-29)26(36)20-9-14-34(2)15-10-20/h3-8,11,16-18,20H,9-10,12-15H2,1-2H3,(H,31,32,33). The number of anilines is 2. The van der Waals surface area contributed by atoms with Gasteiger partial charge in [0.2, 0.25) is 5.95 Å². The molecule has 0 atom stereocenters. The monoisotopic (exact) mass is 591 g/mol. The van der Waals surface area contributed by atoms with Crippen molar-refractivity contribution in [2.75, 3.05) is 25.5 Å². The number of aryl methyl sites for hydroxylation is 1. The molecule has 0 bridgehead atoms. The Morgan fingerprint density at radius 1 is 1.08 bits per heavy atom. The minimum Gasteiger partial charge on any atom is -0.324 e. The summed E-state index contributed by atoms with van der Waals surface area (Å²) in [5, 5.41) is 4.32. The van der Waals surface area contributed by atoms with Gasteiger partial charge in [0, 0.05) is 38.6 Å². The molecule has 1 N–H and O–H groups in total. The highest BCUT2D eigenvalue weighted by molar-refractivity contribution is 14.1. The minimum atomic E-state index is -0.261. The number of benzene rings is 2. The summed E-state index contributed by atoms with van der Waals surface area (Å²) in [5.41, 5.74) is 4.98. The third-order valence-electron chi connectivity index (χ3n) is 7.85. The number of fused-ring (bicyclic) bond motifs is 1. The van der Waals surface area contributed by atoms with Crippen LogP contribution in [0.5, 0.6) is 0 Å². The van der Waals surface area contributed by atoms with E-state index in [-0.39, 0.29) is 11.3 Å².